The number of hydrogen-bond donors (Lipinski definition) is 2. The number of aromatic nitrogens is 1. The number of nitrogens with zero attached hydrogens (tertiary/aromatic N) is 1. The lowest BCUT2D eigenvalue weighted by Crippen LogP contribution is -2.09. The van der Waals surface area contributed by atoms with Crippen LogP contribution in [-0.2, 0) is 12.6 Å². The number of hydrogen-bond acceptors (Lipinski definition) is 3. The molecule has 2 aromatic carbocycles. The number of alkyl halides is 3. The average Bonchev–Trinajstić information content (AvgIpc) is 2.68. The zero-order valence-electron chi connectivity index (χ0n) is 14.7. The monoisotopic (exact) mass is 386 g/mol. The SMILES string of the molecule is O=C(O)c1cccc(-c2cccc(NCCc3cccc(C(F)(F)F)c3)n2)c1. The lowest BCUT2D eigenvalue weighted by Gasteiger charge is -2.10. The van der Waals surface area contributed by atoms with Gasteiger partial charge in [-0.3, -0.25) is 0 Å². The Morgan fingerprint density at radius 2 is 1.75 bits per heavy atom. The van der Waals surface area contributed by atoms with Crippen LogP contribution in [0.5, 0.6) is 0 Å². The molecule has 0 spiro atoms. The number of carboxylic acids is 1. The lowest BCUT2D eigenvalue weighted by molar-refractivity contribution is -0.137. The quantitative estimate of drug-likeness (QED) is 0.617. The molecule has 4 nitrogen and oxygen atoms in total. The third-order valence-electron chi connectivity index (χ3n) is 4.13. The van der Waals surface area contributed by atoms with Crippen molar-refractivity contribution < 1.29 is 23.1 Å². The highest BCUT2D eigenvalue weighted by molar-refractivity contribution is 5.89. The van der Waals surface area contributed by atoms with Gasteiger partial charge in [0.25, 0.3) is 0 Å². The van der Waals surface area contributed by atoms with E-state index in [-0.39, 0.29) is 5.56 Å². The molecule has 1 heterocycles. The van der Waals surface area contributed by atoms with Crippen LogP contribution < -0.4 is 5.32 Å². The third-order valence-corrected chi connectivity index (χ3v) is 4.13. The Morgan fingerprint density at radius 1 is 1.00 bits per heavy atom. The number of pyridine rings is 1. The largest absolute Gasteiger partial charge is 0.478 e. The van der Waals surface area contributed by atoms with E-state index in [9.17, 15) is 18.0 Å². The smallest absolute Gasteiger partial charge is 0.416 e. The minimum Gasteiger partial charge on any atom is -0.478 e. The Labute approximate surface area is 159 Å². The molecule has 0 saturated heterocycles. The summed E-state index contributed by atoms with van der Waals surface area (Å²) >= 11 is 0. The second-order valence-electron chi connectivity index (χ2n) is 6.17. The van der Waals surface area contributed by atoms with Gasteiger partial charge >= 0.3 is 12.1 Å². The van der Waals surface area contributed by atoms with E-state index in [0.29, 0.717) is 35.6 Å². The minimum atomic E-state index is -4.36. The third kappa shape index (κ3) is 4.88. The molecule has 0 fully saturated rings. The van der Waals surface area contributed by atoms with Gasteiger partial charge < -0.3 is 10.4 Å². The lowest BCUT2D eigenvalue weighted by atomic mass is 10.1. The molecule has 0 unspecified atom stereocenters. The molecule has 1 aromatic heterocycles. The van der Waals surface area contributed by atoms with Crippen LogP contribution in [0.1, 0.15) is 21.5 Å². The molecule has 0 saturated carbocycles. The molecule has 3 rings (SSSR count). The van der Waals surface area contributed by atoms with E-state index in [0.717, 1.165) is 12.1 Å². The van der Waals surface area contributed by atoms with Gasteiger partial charge in [0.05, 0.1) is 16.8 Å². The molecule has 7 heteroatoms. The van der Waals surface area contributed by atoms with Crippen molar-refractivity contribution in [3.8, 4) is 11.3 Å². The molecule has 0 aliphatic carbocycles. The number of carboxylic acid groups (broad SMARTS) is 1. The second-order valence-corrected chi connectivity index (χ2v) is 6.17. The van der Waals surface area contributed by atoms with Crippen LogP contribution in [0.4, 0.5) is 19.0 Å². The highest BCUT2D eigenvalue weighted by Crippen LogP contribution is 2.29. The summed E-state index contributed by atoms with van der Waals surface area (Å²) in [7, 11) is 0. The van der Waals surface area contributed by atoms with Crippen molar-refractivity contribution >= 4 is 11.8 Å². The van der Waals surface area contributed by atoms with Gasteiger partial charge in [0.2, 0.25) is 0 Å². The van der Waals surface area contributed by atoms with Gasteiger partial charge in [-0.1, -0.05) is 36.4 Å². The Kier molecular flexibility index (Phi) is 5.63. The number of rotatable bonds is 6. The highest BCUT2D eigenvalue weighted by Gasteiger charge is 2.30. The first-order valence-corrected chi connectivity index (χ1v) is 8.54. The van der Waals surface area contributed by atoms with E-state index >= 15 is 0 Å². The molecule has 0 aliphatic heterocycles. The molecule has 0 aliphatic rings. The summed E-state index contributed by atoms with van der Waals surface area (Å²) < 4.78 is 38.3. The summed E-state index contributed by atoms with van der Waals surface area (Å²) in [5, 5.41) is 12.2. The standard InChI is InChI=1S/C21H17F3N2O2/c22-21(23,24)17-7-1-4-14(12-17)10-11-25-19-9-3-8-18(26-19)15-5-2-6-16(13-15)20(27)28/h1-9,12-13H,10-11H2,(H,25,26)(H,27,28). The first kappa shape index (κ1) is 19.4. The summed E-state index contributed by atoms with van der Waals surface area (Å²) in [4.78, 5) is 15.6. The van der Waals surface area contributed by atoms with E-state index in [2.05, 4.69) is 10.3 Å². The predicted octanol–water partition coefficient (Wildman–Crippen LogP) is 5.12. The van der Waals surface area contributed by atoms with Crippen LogP contribution in [0.25, 0.3) is 11.3 Å². The highest BCUT2D eigenvalue weighted by atomic mass is 19.4. The maximum atomic E-state index is 12.8. The fourth-order valence-corrected chi connectivity index (χ4v) is 2.74. The summed E-state index contributed by atoms with van der Waals surface area (Å²) in [6.07, 6.45) is -3.95. The van der Waals surface area contributed by atoms with Gasteiger partial charge in [-0.25, -0.2) is 9.78 Å². The first-order chi connectivity index (χ1) is 13.3. The van der Waals surface area contributed by atoms with Gasteiger partial charge in [-0.2, -0.15) is 13.2 Å². The minimum absolute atomic E-state index is 0.169. The summed E-state index contributed by atoms with van der Waals surface area (Å²) in [5.74, 6) is -0.456. The molecular weight excluding hydrogens is 369 g/mol. The molecule has 0 amide bonds. The van der Waals surface area contributed by atoms with Crippen molar-refractivity contribution in [3.63, 3.8) is 0 Å². The topological polar surface area (TPSA) is 62.2 Å². The number of halogens is 3. The van der Waals surface area contributed by atoms with Crippen molar-refractivity contribution in [2.24, 2.45) is 0 Å². The number of aromatic carboxylic acids is 1. The van der Waals surface area contributed by atoms with Crippen LogP contribution >= 0.6 is 0 Å². The Morgan fingerprint density at radius 3 is 2.50 bits per heavy atom. The van der Waals surface area contributed by atoms with E-state index in [1.54, 1.807) is 36.4 Å². The number of carbonyl (C=O) groups is 1. The van der Waals surface area contributed by atoms with Crippen molar-refractivity contribution in [1.29, 1.82) is 0 Å². The first-order valence-electron chi connectivity index (χ1n) is 8.54. The van der Waals surface area contributed by atoms with Crippen LogP contribution in [0.2, 0.25) is 0 Å². The van der Waals surface area contributed by atoms with Gasteiger partial charge in [0.1, 0.15) is 5.82 Å². The zero-order valence-corrected chi connectivity index (χ0v) is 14.7. The summed E-state index contributed by atoms with van der Waals surface area (Å²) in [6.45, 7) is 0.410. The van der Waals surface area contributed by atoms with E-state index in [1.165, 1.54) is 18.2 Å². The van der Waals surface area contributed by atoms with E-state index in [4.69, 9.17) is 5.11 Å². The molecule has 144 valence electrons. The Balaban J connectivity index is 1.67. The summed E-state index contributed by atoms with van der Waals surface area (Å²) in [5.41, 5.74) is 1.35. The van der Waals surface area contributed by atoms with Crippen molar-refractivity contribution in [2.75, 3.05) is 11.9 Å². The van der Waals surface area contributed by atoms with Crippen molar-refractivity contribution in [2.45, 2.75) is 12.6 Å². The van der Waals surface area contributed by atoms with E-state index in [1.807, 2.05) is 0 Å². The molecule has 0 atom stereocenters. The van der Waals surface area contributed by atoms with Gasteiger partial charge in [0, 0.05) is 12.1 Å². The molecule has 28 heavy (non-hydrogen) atoms. The second kappa shape index (κ2) is 8.12. The van der Waals surface area contributed by atoms with Crippen molar-refractivity contribution in [3.05, 3.63) is 83.4 Å². The average molecular weight is 386 g/mol. The van der Waals surface area contributed by atoms with Crippen LogP contribution in [0.3, 0.4) is 0 Å². The van der Waals surface area contributed by atoms with Crippen molar-refractivity contribution in [1.82, 2.24) is 4.98 Å². The van der Waals surface area contributed by atoms with E-state index < -0.39 is 17.7 Å². The Bertz CT molecular complexity index is 987. The fourth-order valence-electron chi connectivity index (χ4n) is 2.74. The number of nitrogens with one attached hydrogen (secondary N) is 1. The van der Waals surface area contributed by atoms with Crippen LogP contribution in [-0.4, -0.2) is 22.6 Å². The number of anilines is 1. The van der Waals surface area contributed by atoms with Gasteiger partial charge in [-0.05, 0) is 42.3 Å². The van der Waals surface area contributed by atoms with Crippen LogP contribution in [0.15, 0.2) is 66.7 Å². The molecular formula is C21H17F3N2O2. The molecule has 0 bridgehead atoms. The normalized spacial score (nSPS) is 11.2. The molecule has 3 aromatic rings. The van der Waals surface area contributed by atoms with Gasteiger partial charge in [-0.15, -0.1) is 0 Å². The zero-order chi connectivity index (χ0) is 20.1. The van der Waals surface area contributed by atoms with Crippen LogP contribution in [0, 0.1) is 0 Å². The predicted molar refractivity (Wildman–Crippen MR) is 100 cm³/mol. The Hall–Kier alpha value is -3.35. The summed E-state index contributed by atoms with van der Waals surface area (Å²) in [6, 6.07) is 17.0. The number of benzene rings is 2. The molecule has 0 radical (unpaired) electrons. The molecule has 2 N–H and O–H groups in total. The van der Waals surface area contributed by atoms with Gasteiger partial charge in [0.15, 0.2) is 0 Å². The fraction of sp³-hybridized carbons (Fsp3) is 0.143. The maximum Gasteiger partial charge on any atom is 0.416 e. The maximum absolute atomic E-state index is 12.8.